The second kappa shape index (κ2) is 3.89. The topological polar surface area (TPSA) is 64.1 Å². The summed E-state index contributed by atoms with van der Waals surface area (Å²) in [4.78, 5) is 0. The van der Waals surface area contributed by atoms with E-state index in [9.17, 15) is 5.11 Å². The SMILES string of the molecule is Cn1ccc(CC(C)(O)CCN)n1. The molecule has 1 aromatic heterocycles. The van der Waals surface area contributed by atoms with Gasteiger partial charge in [0.2, 0.25) is 0 Å². The van der Waals surface area contributed by atoms with Gasteiger partial charge < -0.3 is 10.8 Å². The second-order valence-electron chi connectivity index (χ2n) is 3.69. The standard InChI is InChI=1S/C9H17N3O/c1-9(13,4-5-10)7-8-3-6-12(2)11-8/h3,6,13H,4-5,7,10H2,1-2H3. The highest BCUT2D eigenvalue weighted by Crippen LogP contribution is 2.14. The summed E-state index contributed by atoms with van der Waals surface area (Å²) in [5.74, 6) is 0. The van der Waals surface area contributed by atoms with Gasteiger partial charge in [0.25, 0.3) is 0 Å². The lowest BCUT2D eigenvalue weighted by Crippen LogP contribution is -2.30. The van der Waals surface area contributed by atoms with Gasteiger partial charge >= 0.3 is 0 Å². The maximum atomic E-state index is 9.85. The minimum absolute atomic E-state index is 0.500. The molecule has 0 saturated carbocycles. The van der Waals surface area contributed by atoms with Crippen LogP contribution in [0.25, 0.3) is 0 Å². The van der Waals surface area contributed by atoms with E-state index in [1.807, 2.05) is 19.3 Å². The molecule has 0 radical (unpaired) electrons. The van der Waals surface area contributed by atoms with Crippen LogP contribution in [0.15, 0.2) is 12.3 Å². The zero-order valence-corrected chi connectivity index (χ0v) is 8.20. The molecule has 0 aliphatic carbocycles. The first-order valence-electron chi connectivity index (χ1n) is 4.44. The number of hydrogen-bond acceptors (Lipinski definition) is 3. The summed E-state index contributed by atoms with van der Waals surface area (Å²) in [6.45, 7) is 2.29. The molecule has 13 heavy (non-hydrogen) atoms. The summed E-state index contributed by atoms with van der Waals surface area (Å²) < 4.78 is 1.73. The monoisotopic (exact) mass is 183 g/mol. The number of aryl methyl sites for hydroxylation is 1. The van der Waals surface area contributed by atoms with Crippen molar-refractivity contribution in [3.05, 3.63) is 18.0 Å². The molecular formula is C9H17N3O. The van der Waals surface area contributed by atoms with Gasteiger partial charge in [0.05, 0.1) is 11.3 Å². The molecule has 0 aliphatic heterocycles. The van der Waals surface area contributed by atoms with Crippen molar-refractivity contribution in [3.8, 4) is 0 Å². The normalized spacial score (nSPS) is 15.7. The Kier molecular flexibility index (Phi) is 3.06. The van der Waals surface area contributed by atoms with Crippen LogP contribution in [0.4, 0.5) is 0 Å². The second-order valence-corrected chi connectivity index (χ2v) is 3.69. The largest absolute Gasteiger partial charge is 0.390 e. The highest BCUT2D eigenvalue weighted by Gasteiger charge is 2.20. The van der Waals surface area contributed by atoms with Crippen LogP contribution in [-0.4, -0.2) is 27.0 Å². The first-order valence-corrected chi connectivity index (χ1v) is 4.44. The first kappa shape index (κ1) is 10.2. The van der Waals surface area contributed by atoms with Crippen molar-refractivity contribution in [1.82, 2.24) is 9.78 Å². The number of rotatable bonds is 4. The van der Waals surface area contributed by atoms with Crippen LogP contribution < -0.4 is 5.73 Å². The fraction of sp³-hybridized carbons (Fsp3) is 0.667. The number of hydrogen-bond donors (Lipinski definition) is 2. The Morgan fingerprint density at radius 1 is 1.69 bits per heavy atom. The highest BCUT2D eigenvalue weighted by molar-refractivity contribution is 5.02. The van der Waals surface area contributed by atoms with Crippen molar-refractivity contribution >= 4 is 0 Å². The van der Waals surface area contributed by atoms with E-state index in [2.05, 4.69) is 5.10 Å². The molecule has 1 aromatic rings. The first-order chi connectivity index (χ1) is 6.03. The molecule has 0 spiro atoms. The number of aliphatic hydroxyl groups is 1. The fourth-order valence-electron chi connectivity index (χ4n) is 1.35. The third kappa shape index (κ3) is 3.16. The minimum atomic E-state index is -0.733. The van der Waals surface area contributed by atoms with E-state index in [0.717, 1.165) is 5.69 Å². The van der Waals surface area contributed by atoms with E-state index in [-0.39, 0.29) is 0 Å². The number of nitrogens with two attached hydrogens (primary N) is 1. The average molecular weight is 183 g/mol. The van der Waals surface area contributed by atoms with Gasteiger partial charge in [-0.3, -0.25) is 4.68 Å². The van der Waals surface area contributed by atoms with E-state index in [1.165, 1.54) is 0 Å². The van der Waals surface area contributed by atoms with Gasteiger partial charge in [0.15, 0.2) is 0 Å². The smallest absolute Gasteiger partial charge is 0.0687 e. The van der Waals surface area contributed by atoms with Crippen LogP contribution in [0.2, 0.25) is 0 Å². The lowest BCUT2D eigenvalue weighted by Gasteiger charge is -2.20. The van der Waals surface area contributed by atoms with Crippen molar-refractivity contribution in [2.24, 2.45) is 12.8 Å². The average Bonchev–Trinajstić information content (AvgIpc) is 2.34. The summed E-state index contributed by atoms with van der Waals surface area (Å²) in [6, 6.07) is 1.91. The Balaban J connectivity index is 2.57. The third-order valence-corrected chi connectivity index (χ3v) is 2.01. The van der Waals surface area contributed by atoms with Gasteiger partial charge in [-0.2, -0.15) is 5.10 Å². The minimum Gasteiger partial charge on any atom is -0.390 e. The van der Waals surface area contributed by atoms with Gasteiger partial charge in [-0.15, -0.1) is 0 Å². The molecule has 1 heterocycles. The molecule has 0 saturated heterocycles. The van der Waals surface area contributed by atoms with Gasteiger partial charge in [-0.1, -0.05) is 0 Å². The number of nitrogens with zero attached hydrogens (tertiary/aromatic N) is 2. The molecule has 1 rings (SSSR count). The third-order valence-electron chi connectivity index (χ3n) is 2.01. The van der Waals surface area contributed by atoms with Crippen LogP contribution in [-0.2, 0) is 13.5 Å². The highest BCUT2D eigenvalue weighted by atomic mass is 16.3. The molecule has 3 N–H and O–H groups in total. The quantitative estimate of drug-likeness (QED) is 0.694. The van der Waals surface area contributed by atoms with Crippen LogP contribution in [0.3, 0.4) is 0 Å². The molecule has 0 aliphatic rings. The Hall–Kier alpha value is -0.870. The van der Waals surface area contributed by atoms with Gasteiger partial charge in [-0.25, -0.2) is 0 Å². The van der Waals surface area contributed by atoms with Gasteiger partial charge in [-0.05, 0) is 26.0 Å². The van der Waals surface area contributed by atoms with Crippen LogP contribution in [0, 0.1) is 0 Å². The maximum absolute atomic E-state index is 9.85. The summed E-state index contributed by atoms with van der Waals surface area (Å²) in [5, 5.41) is 14.0. The van der Waals surface area contributed by atoms with E-state index in [4.69, 9.17) is 5.73 Å². The van der Waals surface area contributed by atoms with Crippen molar-refractivity contribution in [2.75, 3.05) is 6.54 Å². The van der Waals surface area contributed by atoms with E-state index >= 15 is 0 Å². The molecule has 1 atom stereocenters. The summed E-state index contributed by atoms with van der Waals surface area (Å²) in [5.41, 5.74) is 5.56. The predicted octanol–water partition coefficient (Wildman–Crippen LogP) is 0.0624. The Morgan fingerprint density at radius 2 is 2.38 bits per heavy atom. The zero-order chi connectivity index (χ0) is 9.90. The molecular weight excluding hydrogens is 166 g/mol. The zero-order valence-electron chi connectivity index (χ0n) is 8.20. The van der Waals surface area contributed by atoms with Crippen LogP contribution >= 0.6 is 0 Å². The predicted molar refractivity (Wildman–Crippen MR) is 51.2 cm³/mol. The lowest BCUT2D eigenvalue weighted by molar-refractivity contribution is 0.0528. The summed E-state index contributed by atoms with van der Waals surface area (Å²) in [6.07, 6.45) is 3.03. The van der Waals surface area contributed by atoms with Gasteiger partial charge in [0.1, 0.15) is 0 Å². The molecule has 0 amide bonds. The molecule has 0 fully saturated rings. The molecule has 4 heteroatoms. The fourth-order valence-corrected chi connectivity index (χ4v) is 1.35. The van der Waals surface area contributed by atoms with E-state index in [1.54, 1.807) is 11.6 Å². The molecule has 0 bridgehead atoms. The van der Waals surface area contributed by atoms with Gasteiger partial charge in [0, 0.05) is 19.7 Å². The van der Waals surface area contributed by atoms with Crippen molar-refractivity contribution in [2.45, 2.75) is 25.4 Å². The number of aromatic nitrogens is 2. The lowest BCUT2D eigenvalue weighted by atomic mass is 9.96. The van der Waals surface area contributed by atoms with Crippen LogP contribution in [0.5, 0.6) is 0 Å². The van der Waals surface area contributed by atoms with Crippen molar-refractivity contribution < 1.29 is 5.11 Å². The maximum Gasteiger partial charge on any atom is 0.0687 e. The summed E-state index contributed by atoms with van der Waals surface area (Å²) >= 11 is 0. The molecule has 0 aromatic carbocycles. The van der Waals surface area contributed by atoms with Crippen molar-refractivity contribution in [3.63, 3.8) is 0 Å². The Labute approximate surface area is 78.4 Å². The molecule has 74 valence electrons. The van der Waals surface area contributed by atoms with Crippen LogP contribution in [0.1, 0.15) is 19.0 Å². The molecule has 1 unspecified atom stereocenters. The van der Waals surface area contributed by atoms with Crippen molar-refractivity contribution in [1.29, 1.82) is 0 Å². The Bertz CT molecular complexity index is 268. The molecule has 4 nitrogen and oxygen atoms in total. The van der Waals surface area contributed by atoms with E-state index < -0.39 is 5.60 Å². The Morgan fingerprint density at radius 3 is 2.85 bits per heavy atom. The van der Waals surface area contributed by atoms with E-state index in [0.29, 0.717) is 19.4 Å². The summed E-state index contributed by atoms with van der Waals surface area (Å²) in [7, 11) is 1.86.